The monoisotopic (exact) mass is 352 g/mol. The molecule has 3 rings (SSSR count). The van der Waals surface area contributed by atoms with Crippen molar-refractivity contribution in [1.82, 2.24) is 0 Å². The maximum atomic E-state index is 9.80. The second-order valence-corrected chi connectivity index (χ2v) is 5.85. The summed E-state index contributed by atoms with van der Waals surface area (Å²) in [4.78, 5) is 0. The summed E-state index contributed by atoms with van der Waals surface area (Å²) in [6, 6.07) is 17.2. The summed E-state index contributed by atoms with van der Waals surface area (Å²) in [7, 11) is 0. The molecule has 6 N–H and O–H groups in total. The Morgan fingerprint density at radius 2 is 0.923 bits per heavy atom. The van der Waals surface area contributed by atoms with Crippen LogP contribution in [-0.4, -0.2) is 20.4 Å². The average Bonchev–Trinajstić information content (AvgIpc) is 2.65. The van der Waals surface area contributed by atoms with Gasteiger partial charge in [-0.2, -0.15) is 0 Å². The lowest BCUT2D eigenvalue weighted by Gasteiger charge is -2.11. The predicted molar refractivity (Wildman–Crippen MR) is 101 cm³/mol. The number of anilines is 2. The highest BCUT2D eigenvalue weighted by molar-refractivity contribution is 5.55. The van der Waals surface area contributed by atoms with Gasteiger partial charge < -0.3 is 31.1 Å². The number of hydrogen-bond acceptors (Lipinski definition) is 6. The normalized spacial score (nSPS) is 10.5. The van der Waals surface area contributed by atoms with Crippen LogP contribution >= 0.6 is 0 Å². The minimum absolute atomic E-state index is 0.121. The lowest BCUT2D eigenvalue weighted by molar-refractivity contribution is 0.400. The Balaban J connectivity index is 1.58. The van der Waals surface area contributed by atoms with Crippen molar-refractivity contribution in [2.45, 2.75) is 13.1 Å². The molecule has 6 heteroatoms. The molecule has 0 aliphatic carbocycles. The van der Waals surface area contributed by atoms with Gasteiger partial charge >= 0.3 is 0 Å². The number of phenolic OH excluding ortho intramolecular Hbond substituents is 4. The van der Waals surface area contributed by atoms with Crippen LogP contribution in [0.3, 0.4) is 0 Å². The molecular weight excluding hydrogens is 332 g/mol. The largest absolute Gasteiger partial charge is 0.504 e. The van der Waals surface area contributed by atoms with Crippen molar-refractivity contribution in [3.8, 4) is 23.0 Å². The molecular formula is C20H20N2O4. The van der Waals surface area contributed by atoms with E-state index in [-0.39, 0.29) is 23.0 Å². The Bertz CT molecular complexity index is 820. The Labute approximate surface area is 151 Å². The van der Waals surface area contributed by atoms with Gasteiger partial charge in [0, 0.05) is 35.6 Å². The van der Waals surface area contributed by atoms with Crippen molar-refractivity contribution in [3.63, 3.8) is 0 Å². The third-order valence-corrected chi connectivity index (χ3v) is 4.05. The van der Waals surface area contributed by atoms with E-state index in [4.69, 9.17) is 0 Å². The van der Waals surface area contributed by atoms with E-state index in [1.165, 1.54) is 12.1 Å². The number of nitrogens with one attached hydrogen (secondary N) is 2. The molecule has 0 saturated heterocycles. The Morgan fingerprint density at radius 3 is 1.31 bits per heavy atom. The molecule has 0 radical (unpaired) electrons. The van der Waals surface area contributed by atoms with Crippen molar-refractivity contribution >= 4 is 11.4 Å². The molecule has 0 aliphatic rings. The molecule has 3 aromatic carbocycles. The van der Waals surface area contributed by atoms with Gasteiger partial charge in [0.15, 0.2) is 23.0 Å². The molecule has 0 atom stereocenters. The van der Waals surface area contributed by atoms with Gasteiger partial charge in [0.2, 0.25) is 0 Å². The van der Waals surface area contributed by atoms with Crippen molar-refractivity contribution in [2.24, 2.45) is 0 Å². The quantitative estimate of drug-likeness (QED) is 0.378. The molecule has 0 aliphatic heterocycles. The van der Waals surface area contributed by atoms with Crippen molar-refractivity contribution < 1.29 is 20.4 Å². The standard InChI is InChI=1S/C20H20N2O4/c23-17-5-1-3-13(19(17)25)11-21-15-7-9-16(10-8-15)22-12-14-4-2-6-18(24)20(14)26/h1-10,21-26H,11-12H2. The molecule has 3 aromatic rings. The fraction of sp³-hybridized carbons (Fsp3) is 0.100. The van der Waals surface area contributed by atoms with E-state index in [9.17, 15) is 20.4 Å². The topological polar surface area (TPSA) is 105 Å². The first kappa shape index (κ1) is 17.3. The first-order chi connectivity index (χ1) is 12.5. The third-order valence-electron chi connectivity index (χ3n) is 4.05. The maximum absolute atomic E-state index is 9.80. The third kappa shape index (κ3) is 3.92. The van der Waals surface area contributed by atoms with Crippen LogP contribution in [0.2, 0.25) is 0 Å². The maximum Gasteiger partial charge on any atom is 0.162 e. The second-order valence-electron chi connectivity index (χ2n) is 5.85. The summed E-state index contributed by atoms with van der Waals surface area (Å²) in [5.74, 6) is -0.522. The minimum atomic E-state index is -0.140. The molecule has 0 aromatic heterocycles. The van der Waals surface area contributed by atoms with Crippen LogP contribution in [0, 0.1) is 0 Å². The van der Waals surface area contributed by atoms with E-state index >= 15 is 0 Å². The zero-order chi connectivity index (χ0) is 18.5. The van der Waals surface area contributed by atoms with Crippen LogP contribution in [0.4, 0.5) is 11.4 Å². The number of rotatable bonds is 6. The van der Waals surface area contributed by atoms with E-state index in [1.807, 2.05) is 24.3 Å². The van der Waals surface area contributed by atoms with E-state index in [0.29, 0.717) is 24.2 Å². The number of benzene rings is 3. The Kier molecular flexibility index (Phi) is 5.03. The number of aromatic hydroxyl groups is 4. The molecule has 0 saturated carbocycles. The molecule has 26 heavy (non-hydrogen) atoms. The Hall–Kier alpha value is -3.54. The van der Waals surface area contributed by atoms with Crippen LogP contribution in [-0.2, 0) is 13.1 Å². The highest BCUT2D eigenvalue weighted by Crippen LogP contribution is 2.30. The Morgan fingerprint density at radius 1 is 0.538 bits per heavy atom. The fourth-order valence-corrected chi connectivity index (χ4v) is 2.54. The van der Waals surface area contributed by atoms with Gasteiger partial charge in [0.25, 0.3) is 0 Å². The predicted octanol–water partition coefficient (Wildman–Crippen LogP) is 3.73. The van der Waals surface area contributed by atoms with E-state index in [1.54, 1.807) is 24.3 Å². The van der Waals surface area contributed by atoms with Crippen LogP contribution < -0.4 is 10.6 Å². The summed E-state index contributed by atoms with van der Waals surface area (Å²) >= 11 is 0. The lowest BCUT2D eigenvalue weighted by Crippen LogP contribution is -2.01. The van der Waals surface area contributed by atoms with Crippen LogP contribution in [0.5, 0.6) is 23.0 Å². The van der Waals surface area contributed by atoms with Crippen molar-refractivity contribution in [2.75, 3.05) is 10.6 Å². The first-order valence-electron chi connectivity index (χ1n) is 8.12. The summed E-state index contributed by atoms with van der Waals surface area (Å²) in [6.07, 6.45) is 0. The molecule has 0 bridgehead atoms. The van der Waals surface area contributed by atoms with Crippen molar-refractivity contribution in [1.29, 1.82) is 0 Å². The minimum Gasteiger partial charge on any atom is -0.504 e. The molecule has 0 spiro atoms. The van der Waals surface area contributed by atoms with Gasteiger partial charge in [-0.25, -0.2) is 0 Å². The smallest absolute Gasteiger partial charge is 0.162 e. The molecule has 0 fully saturated rings. The SMILES string of the molecule is Oc1cccc(CNc2ccc(NCc3cccc(O)c3O)cc2)c1O. The van der Waals surface area contributed by atoms with Gasteiger partial charge in [0.05, 0.1) is 0 Å². The average molecular weight is 352 g/mol. The zero-order valence-electron chi connectivity index (χ0n) is 14.0. The first-order valence-corrected chi connectivity index (χ1v) is 8.12. The molecule has 6 nitrogen and oxygen atoms in total. The summed E-state index contributed by atoms with van der Waals surface area (Å²) in [5.41, 5.74) is 2.93. The number of hydrogen-bond donors (Lipinski definition) is 6. The van der Waals surface area contributed by atoms with Gasteiger partial charge in [0.1, 0.15) is 0 Å². The zero-order valence-corrected chi connectivity index (χ0v) is 14.0. The van der Waals surface area contributed by atoms with E-state index < -0.39 is 0 Å². The van der Waals surface area contributed by atoms with Gasteiger partial charge in [-0.05, 0) is 36.4 Å². The van der Waals surface area contributed by atoms with Crippen LogP contribution in [0.15, 0.2) is 60.7 Å². The molecule has 0 heterocycles. The lowest BCUT2D eigenvalue weighted by atomic mass is 10.1. The van der Waals surface area contributed by atoms with Crippen molar-refractivity contribution in [3.05, 3.63) is 71.8 Å². The van der Waals surface area contributed by atoms with Gasteiger partial charge in [-0.3, -0.25) is 0 Å². The molecule has 0 amide bonds. The van der Waals surface area contributed by atoms with E-state index in [2.05, 4.69) is 10.6 Å². The number of para-hydroxylation sites is 2. The highest BCUT2D eigenvalue weighted by atomic mass is 16.3. The summed E-state index contributed by atoms with van der Waals surface area (Å²) in [5, 5.41) is 45.0. The van der Waals surface area contributed by atoms with E-state index in [0.717, 1.165) is 11.4 Å². The van der Waals surface area contributed by atoms with Gasteiger partial charge in [-0.1, -0.05) is 24.3 Å². The van der Waals surface area contributed by atoms with Gasteiger partial charge in [-0.15, -0.1) is 0 Å². The van der Waals surface area contributed by atoms with Crippen LogP contribution in [0.25, 0.3) is 0 Å². The number of phenols is 4. The fourth-order valence-electron chi connectivity index (χ4n) is 2.54. The summed E-state index contributed by atoms with van der Waals surface area (Å²) < 4.78 is 0. The molecule has 0 unspecified atom stereocenters. The summed E-state index contributed by atoms with van der Waals surface area (Å²) in [6.45, 7) is 0.758. The van der Waals surface area contributed by atoms with Crippen LogP contribution in [0.1, 0.15) is 11.1 Å². The highest BCUT2D eigenvalue weighted by Gasteiger charge is 2.06. The molecule has 134 valence electrons. The second kappa shape index (κ2) is 7.57.